The van der Waals surface area contributed by atoms with Crippen molar-refractivity contribution in [2.45, 2.75) is 0 Å². The van der Waals surface area contributed by atoms with Crippen molar-refractivity contribution in [3.05, 3.63) is 36.2 Å². The summed E-state index contributed by atoms with van der Waals surface area (Å²) in [6, 6.07) is 7.21. The fraction of sp³-hybridized carbons (Fsp3) is 0.368. The molecule has 1 aliphatic rings. The lowest BCUT2D eigenvalue weighted by Gasteiger charge is -2.28. The standard InChI is InChI=1S/C19H21N3O6/c1-21(12-17(23)22-8-10-26-11-9-22)18(24)13-27-19(25)7-6-16-20-14-4-2-3-5-15(14)28-16/h2-7H,8-13H2,1H3/b7-6+. The topological polar surface area (TPSA) is 102 Å². The normalized spacial score (nSPS) is 14.4. The monoisotopic (exact) mass is 387 g/mol. The number of esters is 1. The molecule has 3 rings (SSSR count). The van der Waals surface area contributed by atoms with Gasteiger partial charge in [0.15, 0.2) is 12.2 Å². The summed E-state index contributed by atoms with van der Waals surface area (Å²) in [7, 11) is 1.49. The first-order valence-electron chi connectivity index (χ1n) is 8.83. The molecule has 0 unspecified atom stereocenters. The first-order chi connectivity index (χ1) is 13.5. The van der Waals surface area contributed by atoms with Gasteiger partial charge in [0.25, 0.3) is 5.91 Å². The number of rotatable bonds is 6. The number of benzene rings is 1. The average molecular weight is 387 g/mol. The van der Waals surface area contributed by atoms with E-state index < -0.39 is 18.5 Å². The highest BCUT2D eigenvalue weighted by Gasteiger charge is 2.20. The highest BCUT2D eigenvalue weighted by Crippen LogP contribution is 2.15. The predicted molar refractivity (Wildman–Crippen MR) is 99.0 cm³/mol. The molecular weight excluding hydrogens is 366 g/mol. The molecule has 0 saturated carbocycles. The van der Waals surface area contributed by atoms with Gasteiger partial charge in [-0.05, 0) is 12.1 Å². The molecule has 28 heavy (non-hydrogen) atoms. The van der Waals surface area contributed by atoms with Crippen LogP contribution in [0.5, 0.6) is 0 Å². The molecule has 1 aromatic heterocycles. The van der Waals surface area contributed by atoms with Crippen molar-refractivity contribution in [3.8, 4) is 0 Å². The zero-order chi connectivity index (χ0) is 19.9. The second-order valence-corrected chi connectivity index (χ2v) is 6.20. The summed E-state index contributed by atoms with van der Waals surface area (Å²) in [5.41, 5.74) is 1.29. The van der Waals surface area contributed by atoms with Gasteiger partial charge in [0.05, 0.1) is 19.8 Å². The third kappa shape index (κ3) is 5.17. The Morgan fingerprint density at radius 1 is 1.25 bits per heavy atom. The highest BCUT2D eigenvalue weighted by molar-refractivity contribution is 5.90. The molecule has 2 aromatic rings. The van der Waals surface area contributed by atoms with Crippen LogP contribution in [0.4, 0.5) is 0 Å². The fourth-order valence-corrected chi connectivity index (χ4v) is 2.60. The molecule has 0 bridgehead atoms. The van der Waals surface area contributed by atoms with Crippen molar-refractivity contribution in [2.75, 3.05) is 46.5 Å². The number of oxazole rings is 1. The van der Waals surface area contributed by atoms with Crippen LogP contribution in [0.1, 0.15) is 5.89 Å². The quantitative estimate of drug-likeness (QED) is 0.531. The maximum Gasteiger partial charge on any atom is 0.331 e. The lowest BCUT2D eigenvalue weighted by Crippen LogP contribution is -2.46. The minimum Gasteiger partial charge on any atom is -0.452 e. The second-order valence-electron chi connectivity index (χ2n) is 6.20. The van der Waals surface area contributed by atoms with Crippen LogP contribution in [0.25, 0.3) is 17.2 Å². The van der Waals surface area contributed by atoms with Crippen LogP contribution in [0.3, 0.4) is 0 Å². The van der Waals surface area contributed by atoms with E-state index in [1.807, 2.05) is 12.1 Å². The minimum absolute atomic E-state index is 0.0743. The Labute approximate surface area is 161 Å². The second kappa shape index (κ2) is 9.14. The molecule has 2 heterocycles. The molecule has 9 heteroatoms. The molecule has 0 atom stereocenters. The van der Waals surface area contributed by atoms with Crippen molar-refractivity contribution in [2.24, 2.45) is 0 Å². The first-order valence-corrected chi connectivity index (χ1v) is 8.83. The molecule has 2 amide bonds. The number of carbonyl (C=O) groups excluding carboxylic acids is 3. The van der Waals surface area contributed by atoms with E-state index in [0.717, 1.165) is 6.08 Å². The summed E-state index contributed by atoms with van der Waals surface area (Å²) in [5, 5.41) is 0. The Morgan fingerprint density at radius 3 is 2.75 bits per heavy atom. The van der Waals surface area contributed by atoms with Gasteiger partial charge in [-0.25, -0.2) is 9.78 Å². The Kier molecular flexibility index (Phi) is 6.38. The summed E-state index contributed by atoms with van der Waals surface area (Å²) in [5.74, 6) is -1.08. The van der Waals surface area contributed by atoms with Gasteiger partial charge < -0.3 is 23.7 Å². The first kappa shape index (κ1) is 19.6. The zero-order valence-electron chi connectivity index (χ0n) is 15.5. The van der Waals surface area contributed by atoms with Gasteiger partial charge in [-0.15, -0.1) is 0 Å². The maximum absolute atomic E-state index is 12.1. The molecule has 1 saturated heterocycles. The molecular formula is C19H21N3O6. The Balaban J connectivity index is 1.43. The van der Waals surface area contributed by atoms with Gasteiger partial charge in [0.1, 0.15) is 5.52 Å². The van der Waals surface area contributed by atoms with Crippen LogP contribution in [0.15, 0.2) is 34.8 Å². The lowest BCUT2D eigenvalue weighted by atomic mass is 10.3. The number of likely N-dealkylation sites (N-methyl/N-ethyl adjacent to an activating group) is 1. The van der Waals surface area contributed by atoms with Crippen LogP contribution in [-0.4, -0.2) is 79.1 Å². The summed E-state index contributed by atoms with van der Waals surface area (Å²) in [4.78, 5) is 43.0. The van der Waals surface area contributed by atoms with E-state index in [2.05, 4.69) is 4.98 Å². The van der Waals surface area contributed by atoms with Crippen molar-refractivity contribution < 1.29 is 28.3 Å². The molecule has 1 fully saturated rings. The fourth-order valence-electron chi connectivity index (χ4n) is 2.60. The van der Waals surface area contributed by atoms with E-state index in [4.69, 9.17) is 13.9 Å². The van der Waals surface area contributed by atoms with Crippen LogP contribution >= 0.6 is 0 Å². The molecule has 9 nitrogen and oxygen atoms in total. The number of ether oxygens (including phenoxy) is 2. The SMILES string of the molecule is CN(CC(=O)N1CCOCC1)C(=O)COC(=O)/C=C/c1nc2ccccc2o1. The van der Waals surface area contributed by atoms with E-state index in [0.29, 0.717) is 37.4 Å². The predicted octanol–water partition coefficient (Wildman–Crippen LogP) is 0.701. The number of nitrogens with zero attached hydrogens (tertiary/aromatic N) is 3. The maximum atomic E-state index is 12.1. The van der Waals surface area contributed by atoms with E-state index in [-0.39, 0.29) is 18.3 Å². The number of amides is 2. The molecule has 0 radical (unpaired) electrons. The van der Waals surface area contributed by atoms with Gasteiger partial charge in [-0.1, -0.05) is 12.1 Å². The van der Waals surface area contributed by atoms with Crippen molar-refractivity contribution in [3.63, 3.8) is 0 Å². The Morgan fingerprint density at radius 2 is 2.00 bits per heavy atom. The molecule has 0 N–H and O–H groups in total. The molecule has 0 aliphatic carbocycles. The molecule has 0 spiro atoms. The van der Waals surface area contributed by atoms with E-state index >= 15 is 0 Å². The smallest absolute Gasteiger partial charge is 0.331 e. The number of hydrogen-bond donors (Lipinski definition) is 0. The number of carbonyl (C=O) groups is 3. The Bertz CT molecular complexity index is 852. The highest BCUT2D eigenvalue weighted by atomic mass is 16.5. The van der Waals surface area contributed by atoms with Gasteiger partial charge in [-0.2, -0.15) is 0 Å². The van der Waals surface area contributed by atoms with Gasteiger partial charge in [0, 0.05) is 32.3 Å². The third-order valence-electron chi connectivity index (χ3n) is 4.17. The zero-order valence-corrected chi connectivity index (χ0v) is 15.5. The van der Waals surface area contributed by atoms with E-state index in [1.54, 1.807) is 17.0 Å². The van der Waals surface area contributed by atoms with Crippen LogP contribution in [0.2, 0.25) is 0 Å². The summed E-state index contributed by atoms with van der Waals surface area (Å²) < 4.78 is 15.6. The minimum atomic E-state index is -0.705. The molecule has 1 aliphatic heterocycles. The number of fused-ring (bicyclic) bond motifs is 1. The Hall–Kier alpha value is -3.20. The van der Waals surface area contributed by atoms with Gasteiger partial charge in [0.2, 0.25) is 11.8 Å². The van der Waals surface area contributed by atoms with Crippen molar-refractivity contribution in [1.29, 1.82) is 0 Å². The number of hydrogen-bond acceptors (Lipinski definition) is 7. The lowest BCUT2D eigenvalue weighted by molar-refractivity contribution is -0.149. The van der Waals surface area contributed by atoms with Gasteiger partial charge in [-0.3, -0.25) is 9.59 Å². The number of para-hydroxylation sites is 2. The van der Waals surface area contributed by atoms with E-state index in [9.17, 15) is 14.4 Å². The van der Waals surface area contributed by atoms with Gasteiger partial charge >= 0.3 is 5.97 Å². The summed E-state index contributed by atoms with van der Waals surface area (Å²) in [6.45, 7) is 1.48. The third-order valence-corrected chi connectivity index (χ3v) is 4.17. The number of morpholine rings is 1. The van der Waals surface area contributed by atoms with Crippen LogP contribution in [0, 0.1) is 0 Å². The summed E-state index contributed by atoms with van der Waals surface area (Å²) >= 11 is 0. The van der Waals surface area contributed by atoms with Crippen LogP contribution < -0.4 is 0 Å². The largest absolute Gasteiger partial charge is 0.452 e. The number of aromatic nitrogens is 1. The van der Waals surface area contributed by atoms with E-state index in [1.165, 1.54) is 18.0 Å². The molecule has 1 aromatic carbocycles. The van der Waals surface area contributed by atoms with Crippen LogP contribution in [-0.2, 0) is 23.9 Å². The molecule has 148 valence electrons. The average Bonchev–Trinajstić information content (AvgIpc) is 3.14. The van der Waals surface area contributed by atoms with Crippen molar-refractivity contribution in [1.82, 2.24) is 14.8 Å². The summed E-state index contributed by atoms with van der Waals surface area (Å²) in [6.07, 6.45) is 2.51. The van der Waals surface area contributed by atoms with Crippen molar-refractivity contribution >= 4 is 35.0 Å².